The molecule has 0 aromatic carbocycles. The van der Waals surface area contributed by atoms with Crippen LogP contribution in [-0.2, 0) is 0 Å². The number of carbonyl (C=O) groups excluding carboxylic acids is 1. The smallest absolute Gasteiger partial charge is 0.164 e. The van der Waals surface area contributed by atoms with Gasteiger partial charge < -0.3 is 0 Å². The Labute approximate surface area is 71.9 Å². The summed E-state index contributed by atoms with van der Waals surface area (Å²) < 4.78 is 0. The second-order valence-corrected chi connectivity index (χ2v) is 2.49. The van der Waals surface area contributed by atoms with E-state index in [1.165, 1.54) is 0 Å². The lowest BCUT2D eigenvalue weighted by molar-refractivity contribution is 0.0988. The quantitative estimate of drug-likeness (QED) is 0.637. The van der Waals surface area contributed by atoms with Crippen LogP contribution in [0.3, 0.4) is 0 Å². The van der Waals surface area contributed by atoms with Gasteiger partial charge in [-0.15, -0.1) is 0 Å². The zero-order valence-electron chi connectivity index (χ0n) is 7.08. The first-order chi connectivity index (χ1) is 5.77. The lowest BCUT2D eigenvalue weighted by Gasteiger charge is -1.97. The van der Waals surface area contributed by atoms with E-state index in [9.17, 15) is 4.79 Å². The fraction of sp³-hybridized carbons (Fsp3) is 0.200. The van der Waals surface area contributed by atoms with Crippen LogP contribution in [0.2, 0.25) is 0 Å². The Morgan fingerprint density at radius 3 is 3.00 bits per heavy atom. The molecule has 0 atom stereocenters. The molecular formula is C10H11NO. The largest absolute Gasteiger partial charge is 0.294 e. The summed E-state index contributed by atoms with van der Waals surface area (Å²) in [5.74, 6) is 0.117. The second kappa shape index (κ2) is 3.81. The summed E-state index contributed by atoms with van der Waals surface area (Å²) in [6.45, 7) is 5.44. The molecular weight excluding hydrogens is 150 g/mol. The Kier molecular flexibility index (Phi) is 2.75. The highest BCUT2D eigenvalue weighted by atomic mass is 16.1. The summed E-state index contributed by atoms with van der Waals surface area (Å²) in [6, 6.07) is 1.80. The van der Waals surface area contributed by atoms with Gasteiger partial charge in [-0.1, -0.05) is 19.6 Å². The van der Waals surface area contributed by atoms with Crippen molar-refractivity contribution in [1.29, 1.82) is 0 Å². The SMILES string of the molecule is C=Cc1cncc(C(=O)CC)c1. The van der Waals surface area contributed by atoms with E-state index in [0.29, 0.717) is 12.0 Å². The number of carbonyl (C=O) groups is 1. The number of ketones is 1. The minimum atomic E-state index is 0.117. The number of nitrogens with zero attached hydrogens (tertiary/aromatic N) is 1. The number of rotatable bonds is 3. The molecule has 1 heterocycles. The lowest BCUT2D eigenvalue weighted by Crippen LogP contribution is -1.97. The molecule has 0 radical (unpaired) electrons. The molecule has 2 heteroatoms. The molecule has 0 saturated heterocycles. The van der Waals surface area contributed by atoms with Crippen molar-refractivity contribution in [3.05, 3.63) is 36.2 Å². The Hall–Kier alpha value is -1.44. The van der Waals surface area contributed by atoms with Crippen molar-refractivity contribution in [3.8, 4) is 0 Å². The molecule has 0 fully saturated rings. The third-order valence-corrected chi connectivity index (χ3v) is 1.64. The molecule has 0 unspecified atom stereocenters. The highest BCUT2D eigenvalue weighted by Gasteiger charge is 2.02. The molecule has 0 amide bonds. The van der Waals surface area contributed by atoms with Crippen molar-refractivity contribution in [3.63, 3.8) is 0 Å². The Morgan fingerprint density at radius 1 is 1.67 bits per heavy atom. The second-order valence-electron chi connectivity index (χ2n) is 2.49. The van der Waals surface area contributed by atoms with Crippen LogP contribution in [0.1, 0.15) is 29.3 Å². The van der Waals surface area contributed by atoms with E-state index in [1.54, 1.807) is 24.5 Å². The zero-order valence-corrected chi connectivity index (χ0v) is 7.08. The fourth-order valence-electron chi connectivity index (χ4n) is 0.926. The van der Waals surface area contributed by atoms with E-state index in [2.05, 4.69) is 11.6 Å². The first-order valence-corrected chi connectivity index (χ1v) is 3.88. The van der Waals surface area contributed by atoms with Gasteiger partial charge in [0.15, 0.2) is 5.78 Å². The normalized spacial score (nSPS) is 9.42. The van der Waals surface area contributed by atoms with Crippen LogP contribution in [0, 0.1) is 0 Å². The molecule has 2 nitrogen and oxygen atoms in total. The fourth-order valence-corrected chi connectivity index (χ4v) is 0.926. The number of aromatic nitrogens is 1. The maximum absolute atomic E-state index is 11.2. The predicted molar refractivity (Wildman–Crippen MR) is 48.9 cm³/mol. The monoisotopic (exact) mass is 161 g/mol. The predicted octanol–water partition coefficient (Wildman–Crippen LogP) is 2.32. The Bertz CT molecular complexity index is 304. The van der Waals surface area contributed by atoms with Crippen LogP contribution in [0.5, 0.6) is 0 Å². The van der Waals surface area contributed by atoms with Crippen molar-refractivity contribution in [2.45, 2.75) is 13.3 Å². The number of hydrogen-bond donors (Lipinski definition) is 0. The standard InChI is InChI=1S/C10H11NO/c1-3-8-5-9(7-11-6-8)10(12)4-2/h3,5-7H,1,4H2,2H3. The van der Waals surface area contributed by atoms with E-state index in [4.69, 9.17) is 0 Å². The molecule has 1 aromatic heterocycles. The van der Waals surface area contributed by atoms with Crippen molar-refractivity contribution >= 4 is 11.9 Å². The molecule has 0 aliphatic carbocycles. The maximum Gasteiger partial charge on any atom is 0.164 e. The van der Waals surface area contributed by atoms with Gasteiger partial charge in [0, 0.05) is 24.4 Å². The maximum atomic E-state index is 11.2. The van der Waals surface area contributed by atoms with E-state index in [-0.39, 0.29) is 5.78 Å². The first-order valence-electron chi connectivity index (χ1n) is 3.88. The molecule has 0 N–H and O–H groups in total. The molecule has 0 aliphatic rings. The molecule has 1 aromatic rings. The van der Waals surface area contributed by atoms with Crippen molar-refractivity contribution in [1.82, 2.24) is 4.98 Å². The van der Waals surface area contributed by atoms with Gasteiger partial charge in [0.25, 0.3) is 0 Å². The third kappa shape index (κ3) is 1.78. The van der Waals surface area contributed by atoms with Crippen LogP contribution in [0.15, 0.2) is 25.0 Å². The molecule has 12 heavy (non-hydrogen) atoms. The van der Waals surface area contributed by atoms with Gasteiger partial charge in [0.2, 0.25) is 0 Å². The van der Waals surface area contributed by atoms with Crippen LogP contribution in [0.4, 0.5) is 0 Å². The molecule has 0 saturated carbocycles. The molecule has 0 spiro atoms. The Balaban J connectivity index is 3.01. The minimum absolute atomic E-state index is 0.117. The zero-order chi connectivity index (χ0) is 8.97. The van der Waals surface area contributed by atoms with Gasteiger partial charge in [0.05, 0.1) is 0 Å². The van der Waals surface area contributed by atoms with Crippen molar-refractivity contribution < 1.29 is 4.79 Å². The van der Waals surface area contributed by atoms with E-state index in [1.807, 2.05) is 6.92 Å². The van der Waals surface area contributed by atoms with Gasteiger partial charge in [-0.25, -0.2) is 0 Å². The van der Waals surface area contributed by atoms with Gasteiger partial charge in [0.1, 0.15) is 0 Å². The third-order valence-electron chi connectivity index (χ3n) is 1.64. The van der Waals surface area contributed by atoms with Crippen LogP contribution in [0.25, 0.3) is 6.08 Å². The topological polar surface area (TPSA) is 30.0 Å². The Morgan fingerprint density at radius 2 is 2.42 bits per heavy atom. The van der Waals surface area contributed by atoms with Gasteiger partial charge in [-0.05, 0) is 11.6 Å². The number of hydrogen-bond acceptors (Lipinski definition) is 2. The van der Waals surface area contributed by atoms with Crippen LogP contribution in [-0.4, -0.2) is 10.8 Å². The molecule has 0 bridgehead atoms. The van der Waals surface area contributed by atoms with Crippen LogP contribution >= 0.6 is 0 Å². The summed E-state index contributed by atoms with van der Waals surface area (Å²) in [6.07, 6.45) is 5.46. The summed E-state index contributed by atoms with van der Waals surface area (Å²) in [7, 11) is 0. The molecule has 1 rings (SSSR count). The summed E-state index contributed by atoms with van der Waals surface area (Å²) in [4.78, 5) is 15.1. The van der Waals surface area contributed by atoms with E-state index >= 15 is 0 Å². The van der Waals surface area contributed by atoms with Gasteiger partial charge >= 0.3 is 0 Å². The lowest BCUT2D eigenvalue weighted by atomic mass is 10.1. The highest BCUT2D eigenvalue weighted by molar-refractivity contribution is 5.95. The number of Topliss-reactive ketones (excluding diaryl/α,β-unsaturated/α-hetero) is 1. The van der Waals surface area contributed by atoms with Crippen molar-refractivity contribution in [2.75, 3.05) is 0 Å². The van der Waals surface area contributed by atoms with E-state index in [0.717, 1.165) is 5.56 Å². The average molecular weight is 161 g/mol. The molecule has 0 aliphatic heterocycles. The van der Waals surface area contributed by atoms with Crippen molar-refractivity contribution in [2.24, 2.45) is 0 Å². The number of pyridine rings is 1. The summed E-state index contributed by atoms with van der Waals surface area (Å²) >= 11 is 0. The van der Waals surface area contributed by atoms with Gasteiger partial charge in [-0.3, -0.25) is 9.78 Å². The molecule has 62 valence electrons. The average Bonchev–Trinajstić information content (AvgIpc) is 2.17. The van der Waals surface area contributed by atoms with Gasteiger partial charge in [-0.2, -0.15) is 0 Å². The highest BCUT2D eigenvalue weighted by Crippen LogP contribution is 2.05. The minimum Gasteiger partial charge on any atom is -0.294 e. The summed E-state index contributed by atoms with van der Waals surface area (Å²) in [5, 5.41) is 0. The van der Waals surface area contributed by atoms with E-state index < -0.39 is 0 Å². The summed E-state index contributed by atoms with van der Waals surface area (Å²) in [5.41, 5.74) is 1.55. The van der Waals surface area contributed by atoms with Crippen LogP contribution < -0.4 is 0 Å². The first kappa shape index (κ1) is 8.65.